The third kappa shape index (κ3) is 3.72. The Hall–Kier alpha value is -1.52. The quantitative estimate of drug-likeness (QED) is 0.899. The van der Waals surface area contributed by atoms with Crippen LogP contribution in [-0.2, 0) is 6.54 Å². The molecule has 0 saturated heterocycles. The number of hydrogen-bond donors (Lipinski definition) is 1. The van der Waals surface area contributed by atoms with E-state index >= 15 is 0 Å². The number of pyridine rings is 1. The van der Waals surface area contributed by atoms with Gasteiger partial charge in [-0.25, -0.2) is 4.39 Å². The number of hydrogen-bond acceptors (Lipinski definition) is 3. The molecule has 0 bridgehead atoms. The van der Waals surface area contributed by atoms with Crippen molar-refractivity contribution < 1.29 is 9.50 Å². The first-order chi connectivity index (χ1) is 9.06. The predicted octanol–water partition coefficient (Wildman–Crippen LogP) is 2.58. The van der Waals surface area contributed by atoms with E-state index in [2.05, 4.69) is 9.88 Å². The fourth-order valence-corrected chi connectivity index (χ4v) is 2.13. The minimum absolute atomic E-state index is 0.237. The van der Waals surface area contributed by atoms with Crippen LogP contribution in [0.1, 0.15) is 18.9 Å². The Labute approximate surface area is 112 Å². The summed E-state index contributed by atoms with van der Waals surface area (Å²) in [5.74, 6) is -0.237. The lowest BCUT2D eigenvalue weighted by Crippen LogP contribution is -2.22. The summed E-state index contributed by atoms with van der Waals surface area (Å²) < 4.78 is 13.6. The third-order valence-corrected chi connectivity index (χ3v) is 3.12. The fraction of sp³-hybridized carbons (Fsp3) is 0.400. The summed E-state index contributed by atoms with van der Waals surface area (Å²) >= 11 is 0. The van der Waals surface area contributed by atoms with Gasteiger partial charge in [-0.3, -0.25) is 4.98 Å². The Morgan fingerprint density at radius 1 is 1.42 bits per heavy atom. The van der Waals surface area contributed by atoms with Crippen molar-refractivity contribution in [3.8, 4) is 0 Å². The van der Waals surface area contributed by atoms with E-state index in [0.717, 1.165) is 23.0 Å². The molecule has 0 spiro atoms. The van der Waals surface area contributed by atoms with Gasteiger partial charge in [0.15, 0.2) is 0 Å². The van der Waals surface area contributed by atoms with Crippen molar-refractivity contribution in [2.75, 3.05) is 13.6 Å². The molecule has 0 radical (unpaired) electrons. The molecule has 19 heavy (non-hydrogen) atoms. The summed E-state index contributed by atoms with van der Waals surface area (Å²) in [6.45, 7) is 3.16. The first-order valence-electron chi connectivity index (χ1n) is 6.46. The maximum atomic E-state index is 13.6. The minimum atomic E-state index is -0.315. The summed E-state index contributed by atoms with van der Waals surface area (Å²) in [7, 11) is 1.96. The van der Waals surface area contributed by atoms with Crippen LogP contribution in [0.2, 0.25) is 0 Å². The molecule has 3 nitrogen and oxygen atoms in total. The lowest BCUT2D eigenvalue weighted by molar-refractivity contribution is 0.163. The molecule has 1 aromatic carbocycles. The van der Waals surface area contributed by atoms with Crippen molar-refractivity contribution >= 4 is 10.9 Å². The Kier molecular flexibility index (Phi) is 4.45. The van der Waals surface area contributed by atoms with Crippen molar-refractivity contribution in [3.63, 3.8) is 0 Å². The Balaban J connectivity index is 2.20. The van der Waals surface area contributed by atoms with Crippen LogP contribution in [0.5, 0.6) is 0 Å². The molecule has 1 unspecified atom stereocenters. The topological polar surface area (TPSA) is 36.4 Å². The van der Waals surface area contributed by atoms with Crippen LogP contribution in [0, 0.1) is 5.82 Å². The number of rotatable bonds is 5. The highest BCUT2D eigenvalue weighted by Gasteiger charge is 2.08. The number of fused-ring (bicyclic) bond motifs is 1. The zero-order chi connectivity index (χ0) is 13.8. The van der Waals surface area contributed by atoms with Crippen LogP contribution < -0.4 is 0 Å². The molecule has 1 aromatic heterocycles. The second-order valence-corrected chi connectivity index (χ2v) is 5.02. The van der Waals surface area contributed by atoms with Crippen molar-refractivity contribution in [1.29, 1.82) is 0 Å². The number of halogens is 1. The van der Waals surface area contributed by atoms with E-state index in [1.807, 2.05) is 19.2 Å². The summed E-state index contributed by atoms with van der Waals surface area (Å²) in [5, 5.41) is 10.1. The first kappa shape index (κ1) is 13.9. The van der Waals surface area contributed by atoms with Gasteiger partial charge in [-0.1, -0.05) is 6.07 Å². The maximum Gasteiger partial charge on any atom is 0.124 e. The number of benzene rings is 1. The van der Waals surface area contributed by atoms with Crippen molar-refractivity contribution in [2.24, 2.45) is 0 Å². The smallest absolute Gasteiger partial charge is 0.124 e. The monoisotopic (exact) mass is 262 g/mol. The van der Waals surface area contributed by atoms with Crippen LogP contribution >= 0.6 is 0 Å². The highest BCUT2D eigenvalue weighted by atomic mass is 19.1. The van der Waals surface area contributed by atoms with Crippen LogP contribution in [0.4, 0.5) is 4.39 Å². The van der Waals surface area contributed by atoms with E-state index in [9.17, 15) is 9.50 Å². The molecular weight excluding hydrogens is 243 g/mol. The molecule has 0 aliphatic rings. The van der Waals surface area contributed by atoms with E-state index in [4.69, 9.17) is 0 Å². The number of aliphatic hydroxyl groups is 1. The largest absolute Gasteiger partial charge is 0.393 e. The van der Waals surface area contributed by atoms with Gasteiger partial charge in [0, 0.05) is 24.7 Å². The molecule has 1 atom stereocenters. The predicted molar refractivity (Wildman–Crippen MR) is 74.3 cm³/mol. The van der Waals surface area contributed by atoms with Gasteiger partial charge in [0.25, 0.3) is 0 Å². The molecular formula is C15H19FN2O. The van der Waals surface area contributed by atoms with Crippen LogP contribution in [-0.4, -0.2) is 34.7 Å². The molecule has 4 heteroatoms. The van der Waals surface area contributed by atoms with Gasteiger partial charge >= 0.3 is 0 Å². The van der Waals surface area contributed by atoms with E-state index in [0.29, 0.717) is 13.0 Å². The van der Waals surface area contributed by atoms with Gasteiger partial charge < -0.3 is 10.0 Å². The first-order valence-corrected chi connectivity index (χ1v) is 6.46. The summed E-state index contributed by atoms with van der Waals surface area (Å²) in [5.41, 5.74) is 1.72. The molecule has 0 aliphatic heterocycles. The molecule has 102 valence electrons. The standard InChI is InChI=1S/C15H19FN2O/c1-11(19)5-7-18(2)10-13-9-14(16)8-12-4-3-6-17-15(12)13/h3-4,6,8-9,11,19H,5,7,10H2,1-2H3. The van der Waals surface area contributed by atoms with Gasteiger partial charge in [0.2, 0.25) is 0 Å². The van der Waals surface area contributed by atoms with Gasteiger partial charge in [-0.05, 0) is 44.2 Å². The number of nitrogens with zero attached hydrogens (tertiary/aromatic N) is 2. The minimum Gasteiger partial charge on any atom is -0.393 e. The molecule has 2 aromatic rings. The summed E-state index contributed by atoms with van der Waals surface area (Å²) in [6, 6.07) is 6.71. The van der Waals surface area contributed by atoms with Gasteiger partial charge in [-0.2, -0.15) is 0 Å². The average molecular weight is 262 g/mol. The van der Waals surface area contributed by atoms with E-state index in [1.165, 1.54) is 12.1 Å². The molecule has 1 heterocycles. The van der Waals surface area contributed by atoms with E-state index < -0.39 is 0 Å². The fourth-order valence-electron chi connectivity index (χ4n) is 2.13. The highest BCUT2D eigenvalue weighted by Crippen LogP contribution is 2.19. The van der Waals surface area contributed by atoms with E-state index in [-0.39, 0.29) is 11.9 Å². The van der Waals surface area contributed by atoms with Gasteiger partial charge in [0.05, 0.1) is 11.6 Å². The zero-order valence-electron chi connectivity index (χ0n) is 11.3. The lowest BCUT2D eigenvalue weighted by Gasteiger charge is -2.18. The Morgan fingerprint density at radius 2 is 2.21 bits per heavy atom. The second-order valence-electron chi connectivity index (χ2n) is 5.02. The third-order valence-electron chi connectivity index (χ3n) is 3.12. The number of aliphatic hydroxyl groups excluding tert-OH is 1. The lowest BCUT2D eigenvalue weighted by atomic mass is 10.1. The van der Waals surface area contributed by atoms with Crippen molar-refractivity contribution in [1.82, 2.24) is 9.88 Å². The molecule has 0 fully saturated rings. The molecule has 0 amide bonds. The van der Waals surface area contributed by atoms with Gasteiger partial charge in [0.1, 0.15) is 5.82 Å². The second kappa shape index (κ2) is 6.08. The summed E-state index contributed by atoms with van der Waals surface area (Å²) in [4.78, 5) is 6.39. The van der Waals surface area contributed by atoms with Crippen molar-refractivity contribution in [3.05, 3.63) is 41.8 Å². The molecule has 1 N–H and O–H groups in total. The van der Waals surface area contributed by atoms with Crippen LogP contribution in [0.3, 0.4) is 0 Å². The SMILES string of the molecule is CC(O)CCN(C)Cc1cc(F)cc2cccnc12. The molecule has 0 aliphatic carbocycles. The Bertz CT molecular complexity index is 557. The Morgan fingerprint density at radius 3 is 2.95 bits per heavy atom. The maximum absolute atomic E-state index is 13.6. The van der Waals surface area contributed by atoms with Gasteiger partial charge in [-0.15, -0.1) is 0 Å². The highest BCUT2D eigenvalue weighted by molar-refractivity contribution is 5.81. The van der Waals surface area contributed by atoms with Crippen LogP contribution in [0.25, 0.3) is 10.9 Å². The molecule has 0 saturated carbocycles. The summed E-state index contributed by atoms with van der Waals surface area (Å²) in [6.07, 6.45) is 2.11. The average Bonchev–Trinajstić information content (AvgIpc) is 2.36. The normalized spacial score (nSPS) is 13.1. The molecule has 2 rings (SSSR count). The zero-order valence-corrected chi connectivity index (χ0v) is 11.3. The van der Waals surface area contributed by atoms with Crippen molar-refractivity contribution in [2.45, 2.75) is 26.0 Å². The van der Waals surface area contributed by atoms with Crippen LogP contribution in [0.15, 0.2) is 30.5 Å². The van der Waals surface area contributed by atoms with E-state index in [1.54, 1.807) is 13.1 Å². The number of aromatic nitrogens is 1.